The van der Waals surface area contributed by atoms with Crippen molar-refractivity contribution in [1.29, 1.82) is 0 Å². The van der Waals surface area contributed by atoms with Crippen LogP contribution in [0, 0.1) is 0 Å². The Hall–Kier alpha value is -1.51. The molecule has 0 saturated heterocycles. The van der Waals surface area contributed by atoms with E-state index in [0.717, 1.165) is 17.0 Å². The largest absolute Gasteiger partial charge is 0.495 e. The van der Waals surface area contributed by atoms with Crippen LogP contribution in [0.3, 0.4) is 0 Å². The van der Waals surface area contributed by atoms with E-state index >= 15 is 0 Å². The third kappa shape index (κ3) is 2.72. The number of hydrogen-bond acceptors (Lipinski definition) is 3. The molecule has 82 valence electrons. The number of nitrogens with zero attached hydrogens (tertiary/aromatic N) is 1. The molecule has 1 aromatic carbocycles. The van der Waals surface area contributed by atoms with Gasteiger partial charge in [0.05, 0.1) is 12.8 Å². The number of Topliss-reactive ketones (excluding diaryl/α,β-unsaturated/α-hetero) is 1. The molecule has 0 aliphatic carbocycles. The molecule has 0 fully saturated rings. The third-order valence-corrected chi connectivity index (χ3v) is 2.19. The van der Waals surface area contributed by atoms with Crippen LogP contribution in [0.4, 0.5) is 5.69 Å². The number of para-hydroxylation sites is 1. The van der Waals surface area contributed by atoms with Crippen LogP contribution in [-0.4, -0.2) is 27.0 Å². The maximum Gasteiger partial charge on any atom is 0.142 e. The summed E-state index contributed by atoms with van der Waals surface area (Å²) in [5, 5.41) is 0. The Kier molecular flexibility index (Phi) is 3.72. The first-order valence-corrected chi connectivity index (χ1v) is 4.89. The van der Waals surface area contributed by atoms with E-state index in [0.29, 0.717) is 6.42 Å². The summed E-state index contributed by atoms with van der Waals surface area (Å²) >= 11 is 0. The number of ketones is 1. The second-order valence-electron chi connectivity index (χ2n) is 3.74. The zero-order chi connectivity index (χ0) is 11.4. The van der Waals surface area contributed by atoms with Gasteiger partial charge in [0, 0.05) is 20.5 Å². The SMILES string of the molecule is COc1cccc(CC(C)=O)c1N(C)C. The average Bonchev–Trinajstić information content (AvgIpc) is 2.15. The van der Waals surface area contributed by atoms with Gasteiger partial charge in [0.1, 0.15) is 11.5 Å². The van der Waals surface area contributed by atoms with Gasteiger partial charge in [-0.05, 0) is 18.6 Å². The van der Waals surface area contributed by atoms with E-state index < -0.39 is 0 Å². The summed E-state index contributed by atoms with van der Waals surface area (Å²) in [7, 11) is 5.53. The molecule has 0 saturated carbocycles. The van der Waals surface area contributed by atoms with E-state index in [-0.39, 0.29) is 5.78 Å². The summed E-state index contributed by atoms with van der Waals surface area (Å²) in [5.41, 5.74) is 1.99. The minimum atomic E-state index is 0.159. The van der Waals surface area contributed by atoms with Gasteiger partial charge in [-0.15, -0.1) is 0 Å². The Balaban J connectivity index is 3.19. The number of hydrogen-bond donors (Lipinski definition) is 0. The minimum Gasteiger partial charge on any atom is -0.495 e. The molecule has 0 aromatic heterocycles. The van der Waals surface area contributed by atoms with Crippen LogP contribution in [0.5, 0.6) is 5.75 Å². The Labute approximate surface area is 90.7 Å². The van der Waals surface area contributed by atoms with Crippen LogP contribution in [0.25, 0.3) is 0 Å². The Bertz CT molecular complexity index is 359. The first-order valence-electron chi connectivity index (χ1n) is 4.89. The van der Waals surface area contributed by atoms with Crippen LogP contribution in [0.2, 0.25) is 0 Å². The molecule has 15 heavy (non-hydrogen) atoms. The molecular weight excluding hydrogens is 190 g/mol. The summed E-state index contributed by atoms with van der Waals surface area (Å²) in [5.74, 6) is 0.963. The van der Waals surface area contributed by atoms with Crippen LogP contribution in [0.15, 0.2) is 18.2 Å². The van der Waals surface area contributed by atoms with Gasteiger partial charge in [0.2, 0.25) is 0 Å². The lowest BCUT2D eigenvalue weighted by molar-refractivity contribution is -0.116. The number of benzene rings is 1. The molecule has 0 N–H and O–H groups in total. The third-order valence-electron chi connectivity index (χ3n) is 2.19. The van der Waals surface area contributed by atoms with Crippen LogP contribution in [-0.2, 0) is 11.2 Å². The zero-order valence-electron chi connectivity index (χ0n) is 9.70. The summed E-state index contributed by atoms with van der Waals surface area (Å²) in [4.78, 5) is 13.1. The van der Waals surface area contributed by atoms with E-state index in [9.17, 15) is 4.79 Å². The molecule has 1 aromatic rings. The number of rotatable bonds is 4. The Morgan fingerprint density at radius 3 is 2.53 bits per heavy atom. The van der Waals surface area contributed by atoms with Crippen molar-refractivity contribution in [2.24, 2.45) is 0 Å². The average molecular weight is 207 g/mol. The standard InChI is InChI=1S/C12H17NO2/c1-9(14)8-10-6-5-7-11(15-4)12(10)13(2)3/h5-7H,8H2,1-4H3. The van der Waals surface area contributed by atoms with Gasteiger partial charge in [-0.2, -0.15) is 0 Å². The minimum absolute atomic E-state index is 0.159. The van der Waals surface area contributed by atoms with Gasteiger partial charge < -0.3 is 9.64 Å². The predicted octanol–water partition coefficient (Wildman–Crippen LogP) is 1.89. The monoisotopic (exact) mass is 207 g/mol. The van der Waals surface area contributed by atoms with Gasteiger partial charge in [-0.1, -0.05) is 12.1 Å². The highest BCUT2D eigenvalue weighted by Crippen LogP contribution is 2.30. The topological polar surface area (TPSA) is 29.5 Å². The molecule has 0 atom stereocenters. The van der Waals surface area contributed by atoms with Crippen molar-refractivity contribution in [3.8, 4) is 5.75 Å². The Morgan fingerprint density at radius 2 is 2.07 bits per heavy atom. The van der Waals surface area contributed by atoms with Crippen molar-refractivity contribution in [3.63, 3.8) is 0 Å². The summed E-state index contributed by atoms with van der Waals surface area (Å²) < 4.78 is 5.28. The molecule has 1 rings (SSSR count). The lowest BCUT2D eigenvalue weighted by Gasteiger charge is -2.20. The highest BCUT2D eigenvalue weighted by molar-refractivity contribution is 5.81. The fourth-order valence-corrected chi connectivity index (χ4v) is 1.65. The van der Waals surface area contributed by atoms with Gasteiger partial charge in [0.15, 0.2) is 0 Å². The normalized spacial score (nSPS) is 9.87. The van der Waals surface area contributed by atoms with Gasteiger partial charge >= 0.3 is 0 Å². The number of methoxy groups -OCH3 is 1. The number of carbonyl (C=O) groups excluding carboxylic acids is 1. The molecule has 0 aliphatic heterocycles. The second kappa shape index (κ2) is 4.82. The van der Waals surface area contributed by atoms with Crippen molar-refractivity contribution in [2.75, 3.05) is 26.1 Å². The van der Waals surface area contributed by atoms with E-state index in [2.05, 4.69) is 0 Å². The summed E-state index contributed by atoms with van der Waals surface area (Å²) in [6.07, 6.45) is 0.449. The quantitative estimate of drug-likeness (QED) is 0.755. The highest BCUT2D eigenvalue weighted by atomic mass is 16.5. The maximum atomic E-state index is 11.1. The smallest absolute Gasteiger partial charge is 0.142 e. The molecular formula is C12H17NO2. The first kappa shape index (κ1) is 11.6. The molecule has 0 spiro atoms. The molecule has 0 bridgehead atoms. The van der Waals surface area contributed by atoms with Gasteiger partial charge in [0.25, 0.3) is 0 Å². The lowest BCUT2D eigenvalue weighted by atomic mass is 10.1. The lowest BCUT2D eigenvalue weighted by Crippen LogP contribution is -2.14. The molecule has 0 aliphatic rings. The van der Waals surface area contributed by atoms with Crippen molar-refractivity contribution in [2.45, 2.75) is 13.3 Å². The van der Waals surface area contributed by atoms with E-state index in [4.69, 9.17) is 4.74 Å². The van der Waals surface area contributed by atoms with Crippen LogP contribution < -0.4 is 9.64 Å². The predicted molar refractivity (Wildman–Crippen MR) is 61.7 cm³/mol. The number of anilines is 1. The Morgan fingerprint density at radius 1 is 1.40 bits per heavy atom. The fraction of sp³-hybridized carbons (Fsp3) is 0.417. The second-order valence-corrected chi connectivity index (χ2v) is 3.74. The van der Waals surface area contributed by atoms with Crippen molar-refractivity contribution in [3.05, 3.63) is 23.8 Å². The summed E-state index contributed by atoms with van der Waals surface area (Å²) in [6, 6.07) is 5.77. The van der Waals surface area contributed by atoms with Gasteiger partial charge in [-0.3, -0.25) is 4.79 Å². The van der Waals surface area contributed by atoms with Crippen LogP contribution in [0.1, 0.15) is 12.5 Å². The zero-order valence-corrected chi connectivity index (χ0v) is 9.70. The van der Waals surface area contributed by atoms with Crippen molar-refractivity contribution in [1.82, 2.24) is 0 Å². The highest BCUT2D eigenvalue weighted by Gasteiger charge is 2.11. The van der Waals surface area contributed by atoms with E-state index in [1.807, 2.05) is 37.2 Å². The number of carbonyl (C=O) groups is 1. The molecule has 3 nitrogen and oxygen atoms in total. The van der Waals surface area contributed by atoms with Gasteiger partial charge in [-0.25, -0.2) is 0 Å². The summed E-state index contributed by atoms with van der Waals surface area (Å²) in [6.45, 7) is 1.60. The first-order chi connectivity index (χ1) is 7.06. The molecule has 0 radical (unpaired) electrons. The molecule has 3 heteroatoms. The molecule has 0 unspecified atom stereocenters. The van der Waals surface area contributed by atoms with Crippen molar-refractivity contribution < 1.29 is 9.53 Å². The fourth-order valence-electron chi connectivity index (χ4n) is 1.65. The molecule has 0 heterocycles. The van der Waals surface area contributed by atoms with E-state index in [1.54, 1.807) is 14.0 Å². The molecule has 0 amide bonds. The van der Waals surface area contributed by atoms with E-state index in [1.165, 1.54) is 0 Å². The van der Waals surface area contributed by atoms with Crippen LogP contribution >= 0.6 is 0 Å². The number of ether oxygens (including phenoxy) is 1. The maximum absolute atomic E-state index is 11.1. The van der Waals surface area contributed by atoms with Crippen molar-refractivity contribution >= 4 is 11.5 Å².